The summed E-state index contributed by atoms with van der Waals surface area (Å²) >= 11 is 0. The van der Waals surface area contributed by atoms with Gasteiger partial charge in [0.1, 0.15) is 5.69 Å². The number of pyridine rings is 3. The monoisotopic (exact) mass is 1760 g/mol. The number of nitrogens with zero attached hydrogens (tertiary/aromatic N) is 12. The molecule has 648 valence electrons. The first-order valence-corrected chi connectivity index (χ1v) is 46.3. The Morgan fingerprint density at radius 1 is 0.196 bits per heavy atom. The number of hydrogen-bond acceptors (Lipinski definition) is 12. The summed E-state index contributed by atoms with van der Waals surface area (Å²) in [5.74, 6) is 3.41. The molecule has 17 aromatic carbocycles. The van der Waals surface area contributed by atoms with Crippen LogP contribution < -0.4 is 0 Å². The highest BCUT2D eigenvalue weighted by Crippen LogP contribution is 2.46. The molecule has 24 aromatic rings. The maximum absolute atomic E-state index is 5.17. The lowest BCUT2D eigenvalue weighted by molar-refractivity contribution is 0.731. The summed E-state index contributed by atoms with van der Waals surface area (Å²) < 4.78 is 0. The van der Waals surface area contributed by atoms with Crippen molar-refractivity contribution in [3.05, 3.63) is 504 Å². The third-order valence-electron chi connectivity index (χ3n) is 25.6. The van der Waals surface area contributed by atoms with Gasteiger partial charge in [0.05, 0.1) is 44.8 Å². The number of rotatable bonds is 13. The van der Waals surface area contributed by atoms with Crippen molar-refractivity contribution in [2.45, 2.75) is 5.92 Å². The number of hydrogen-bond donors (Lipinski definition) is 0. The van der Waals surface area contributed by atoms with Crippen LogP contribution >= 0.6 is 0 Å². The minimum Gasteiger partial charge on any atom is -0.265 e. The van der Waals surface area contributed by atoms with Crippen molar-refractivity contribution in [3.8, 4) is 135 Å². The zero-order chi connectivity index (χ0) is 91.9. The Labute approximate surface area is 797 Å². The van der Waals surface area contributed by atoms with Gasteiger partial charge in [0.15, 0.2) is 23.3 Å². The minimum atomic E-state index is 0.274. The molecule has 7 aromatic heterocycles. The summed E-state index contributed by atoms with van der Waals surface area (Å²) in [6, 6.07) is 149. The topological polar surface area (TPSA) is 154 Å². The van der Waals surface area contributed by atoms with Gasteiger partial charge in [-0.1, -0.05) is 394 Å². The fourth-order valence-corrected chi connectivity index (χ4v) is 19.0. The van der Waals surface area contributed by atoms with E-state index in [1.165, 1.54) is 60.5 Å². The molecule has 0 bridgehead atoms. The van der Waals surface area contributed by atoms with Crippen LogP contribution in [0.1, 0.15) is 11.5 Å². The smallest absolute Gasteiger partial charge is 0.162 e. The lowest BCUT2D eigenvalue weighted by atomic mass is 9.79. The van der Waals surface area contributed by atoms with E-state index in [4.69, 9.17) is 39.9 Å². The van der Waals surface area contributed by atoms with Gasteiger partial charge in [-0.05, 0) is 138 Å². The van der Waals surface area contributed by atoms with E-state index in [1.807, 2.05) is 171 Å². The van der Waals surface area contributed by atoms with Gasteiger partial charge in [-0.15, -0.1) is 0 Å². The molecule has 1 aliphatic carbocycles. The molecule has 12 heteroatoms. The Bertz CT molecular complexity index is 8180. The predicted octanol–water partition coefficient (Wildman–Crippen LogP) is 31.1. The van der Waals surface area contributed by atoms with Gasteiger partial charge in [-0.2, -0.15) is 0 Å². The molecule has 8 heterocycles. The fraction of sp³-hybridized carbons (Fsp3) is 0.0159. The minimum absolute atomic E-state index is 0.274. The second-order valence-corrected chi connectivity index (χ2v) is 34.0. The molecule has 0 amide bonds. The number of allylic oxidation sites excluding steroid dienone is 5. The van der Waals surface area contributed by atoms with Gasteiger partial charge in [0.25, 0.3) is 0 Å². The van der Waals surface area contributed by atoms with Crippen molar-refractivity contribution in [1.29, 1.82) is 0 Å². The molecule has 0 radical (unpaired) electrons. The zero-order valence-electron chi connectivity index (χ0n) is 74.9. The normalized spacial score (nSPS) is 13.0. The summed E-state index contributed by atoms with van der Waals surface area (Å²) in [7, 11) is 0. The van der Waals surface area contributed by atoms with Crippen LogP contribution in [-0.4, -0.2) is 60.5 Å². The van der Waals surface area contributed by atoms with Gasteiger partial charge in [-0.25, -0.2) is 39.9 Å². The summed E-state index contributed by atoms with van der Waals surface area (Å²) in [5, 5.41) is 13.3. The van der Waals surface area contributed by atoms with Crippen molar-refractivity contribution >= 4 is 92.4 Å². The third-order valence-corrected chi connectivity index (χ3v) is 25.6. The van der Waals surface area contributed by atoms with Crippen molar-refractivity contribution in [1.82, 2.24) is 54.8 Å². The van der Waals surface area contributed by atoms with Crippen LogP contribution in [-0.2, 0) is 0 Å². The van der Waals surface area contributed by atoms with E-state index in [-0.39, 0.29) is 11.8 Å². The number of aromatic nitrogens is 11. The van der Waals surface area contributed by atoms with Crippen LogP contribution in [0.4, 0.5) is 0 Å². The average molecular weight is 1770 g/mol. The zero-order valence-corrected chi connectivity index (χ0v) is 74.9. The van der Waals surface area contributed by atoms with Gasteiger partial charge < -0.3 is 0 Å². The largest absolute Gasteiger partial charge is 0.265 e. The average Bonchev–Trinajstić information content (AvgIpc) is 0.753. The first kappa shape index (κ1) is 83.8. The van der Waals surface area contributed by atoms with Gasteiger partial charge in [0.2, 0.25) is 0 Å². The first-order valence-electron chi connectivity index (χ1n) is 46.3. The van der Waals surface area contributed by atoms with Crippen molar-refractivity contribution in [2.75, 3.05) is 0 Å². The summed E-state index contributed by atoms with van der Waals surface area (Å²) in [6.07, 6.45) is 21.8. The molecule has 0 saturated carbocycles. The highest BCUT2D eigenvalue weighted by molar-refractivity contribution is 6.20. The van der Waals surface area contributed by atoms with Crippen LogP contribution in [0.5, 0.6) is 0 Å². The standard InChI is InChI=1S/C39H27N3.3C29H19N3/c1-3-11-28(12-4-1)37-35-25-34(27-21-19-26(20-22-27)30-23-24-40-36-18-10-9-16-32(30)36)31-15-7-8-17-33(31)38(35)42-39(41-37)29-13-5-2-6-14-29;1-3-11-20(12-4-1)24-19-25-27(23-16-8-7-15-22(23)24)31-29(21-13-5-2-6-14-21)32-28(25)26-17-9-10-18-30-26;1-3-10-20(11-4-1)25-18-26-27(21-12-5-2-6-13-21)31-29(22-14-9-17-30-19-22)32-28(26)24-16-8-7-15-23(24)25;1-3-9-21(10-4-1)27-26-19-25(20-15-17-30-18-16-20)23-13-7-8-14-24(23)28(26)32-29(31-27)22-11-5-2-6-12-22/h1-25,30,32H;3*1-19H. The molecule has 0 saturated heterocycles. The van der Waals surface area contributed by atoms with Crippen molar-refractivity contribution in [2.24, 2.45) is 10.9 Å². The Morgan fingerprint density at radius 3 is 0.884 bits per heavy atom. The molecule has 2 aliphatic rings. The van der Waals surface area contributed by atoms with Gasteiger partial charge >= 0.3 is 0 Å². The Kier molecular flexibility index (Phi) is 23.1. The van der Waals surface area contributed by atoms with Crippen molar-refractivity contribution < 1.29 is 0 Å². The number of aliphatic imine (C=N–C) groups is 1. The Balaban J connectivity index is 0.000000104. The SMILES string of the molecule is C1=CC2=NC=CC(c3ccc(-c4cc5c(-c6ccccc6)nc(-c6ccccc6)nc5c5ccccc45)cc3)C2C=C1.c1ccc(-c2cc3c(-c4ccccc4)nc(-c4cccnc4)nc3c3ccccc23)cc1.c1ccc(-c2nc(-c3ccccc3)c3cc(-c4ccncc4)c4ccccc4c3n2)cc1.c1ccc(-c2nc(-c3ccccn3)c3cc(-c4ccccc4)c4ccccc4c3n2)cc1. The Hall–Kier alpha value is -18.5. The molecule has 2 atom stereocenters. The number of benzene rings is 17. The van der Waals surface area contributed by atoms with E-state index in [1.54, 1.807) is 6.20 Å². The van der Waals surface area contributed by atoms with Crippen LogP contribution in [0.25, 0.3) is 222 Å². The molecule has 0 fully saturated rings. The molecule has 12 nitrogen and oxygen atoms in total. The van der Waals surface area contributed by atoms with Crippen LogP contribution in [0.3, 0.4) is 0 Å². The fourth-order valence-electron chi connectivity index (χ4n) is 19.0. The summed E-state index contributed by atoms with van der Waals surface area (Å²) in [6.45, 7) is 0. The van der Waals surface area contributed by atoms with Crippen LogP contribution in [0, 0.1) is 5.92 Å². The quantitative estimate of drug-likeness (QED) is 0.101. The molecule has 0 N–H and O–H groups in total. The lowest BCUT2D eigenvalue weighted by Crippen LogP contribution is -2.21. The maximum atomic E-state index is 5.17. The highest BCUT2D eigenvalue weighted by Gasteiger charge is 2.28. The lowest BCUT2D eigenvalue weighted by Gasteiger charge is -2.26. The first-order chi connectivity index (χ1) is 68.5. The van der Waals surface area contributed by atoms with E-state index in [9.17, 15) is 0 Å². The molecular formula is C126H84N12. The van der Waals surface area contributed by atoms with Crippen molar-refractivity contribution in [3.63, 3.8) is 0 Å². The van der Waals surface area contributed by atoms with Crippen LogP contribution in [0.2, 0.25) is 0 Å². The summed E-state index contributed by atoms with van der Waals surface area (Å²) in [4.78, 5) is 58.3. The van der Waals surface area contributed by atoms with Gasteiger partial charge in [0, 0.05) is 137 Å². The second-order valence-electron chi connectivity index (χ2n) is 34.0. The second kappa shape index (κ2) is 38.0. The van der Waals surface area contributed by atoms with E-state index < -0.39 is 0 Å². The van der Waals surface area contributed by atoms with E-state index in [0.29, 0.717) is 11.6 Å². The third kappa shape index (κ3) is 16.7. The number of fused-ring (bicyclic) bond motifs is 13. The van der Waals surface area contributed by atoms with Crippen LogP contribution in [0.15, 0.2) is 503 Å². The highest BCUT2D eigenvalue weighted by atomic mass is 14.9. The maximum Gasteiger partial charge on any atom is 0.162 e. The molecule has 26 rings (SSSR count). The molecule has 0 spiro atoms. The van der Waals surface area contributed by atoms with Gasteiger partial charge in [-0.3, -0.25) is 19.9 Å². The molecule has 2 unspecified atom stereocenters. The molecule has 138 heavy (non-hydrogen) atoms. The molecular weight excluding hydrogens is 1680 g/mol. The Morgan fingerprint density at radius 2 is 0.514 bits per heavy atom. The molecule has 1 aliphatic heterocycles. The predicted molar refractivity (Wildman–Crippen MR) is 568 cm³/mol. The van der Waals surface area contributed by atoms with E-state index >= 15 is 0 Å². The van der Waals surface area contributed by atoms with E-state index in [2.05, 4.69) is 342 Å². The summed E-state index contributed by atoms with van der Waals surface area (Å²) in [5.41, 5.74) is 27.2. The van der Waals surface area contributed by atoms with E-state index in [0.717, 1.165) is 161 Å².